The largest absolute Gasteiger partial charge is 0.385 e. The van der Waals surface area contributed by atoms with Gasteiger partial charge >= 0.3 is 0 Å². The predicted molar refractivity (Wildman–Crippen MR) is 44.5 cm³/mol. The summed E-state index contributed by atoms with van der Waals surface area (Å²) in [5.41, 5.74) is 0.0330. The van der Waals surface area contributed by atoms with Crippen molar-refractivity contribution in [2.45, 2.75) is 24.9 Å². The molecule has 1 fully saturated rings. The number of aliphatic hydroxyl groups is 1. The maximum Gasteiger partial charge on any atom is 0.263 e. The van der Waals surface area contributed by atoms with Gasteiger partial charge < -0.3 is 5.11 Å². The minimum atomic E-state index is -2.43. The van der Waals surface area contributed by atoms with Gasteiger partial charge in [-0.25, -0.2) is 8.78 Å². The Bertz CT molecular complexity index is 301. The van der Waals surface area contributed by atoms with Crippen LogP contribution >= 0.6 is 0 Å². The van der Waals surface area contributed by atoms with Crippen molar-refractivity contribution < 1.29 is 13.9 Å². The molecule has 13 heavy (non-hydrogen) atoms. The van der Waals surface area contributed by atoms with E-state index in [2.05, 4.69) is 0 Å². The van der Waals surface area contributed by atoms with Crippen LogP contribution in [0.4, 0.5) is 8.78 Å². The van der Waals surface area contributed by atoms with Crippen molar-refractivity contribution in [1.82, 2.24) is 0 Å². The Hall–Kier alpha value is -0.960. The van der Waals surface area contributed by atoms with Crippen LogP contribution in [0, 0.1) is 0 Å². The van der Waals surface area contributed by atoms with E-state index in [1.54, 1.807) is 12.1 Å². The predicted octanol–water partition coefficient (Wildman–Crippen LogP) is 2.61. The van der Waals surface area contributed by atoms with Gasteiger partial charge in [0.25, 0.3) is 6.43 Å². The third-order valence-corrected chi connectivity index (χ3v) is 2.42. The number of benzene rings is 1. The van der Waals surface area contributed by atoms with Gasteiger partial charge in [0.1, 0.15) is 0 Å². The van der Waals surface area contributed by atoms with Gasteiger partial charge in [-0.15, -0.1) is 0 Å². The Labute approximate surface area is 75.0 Å². The van der Waals surface area contributed by atoms with E-state index in [1.165, 1.54) is 12.1 Å². The van der Waals surface area contributed by atoms with Crippen LogP contribution in [0.5, 0.6) is 0 Å². The van der Waals surface area contributed by atoms with E-state index in [4.69, 9.17) is 0 Å². The van der Waals surface area contributed by atoms with E-state index in [0.717, 1.165) is 18.4 Å². The first-order valence-electron chi connectivity index (χ1n) is 4.23. The maximum atomic E-state index is 12.1. The van der Waals surface area contributed by atoms with E-state index in [9.17, 15) is 13.9 Å². The van der Waals surface area contributed by atoms with Crippen LogP contribution in [-0.4, -0.2) is 5.11 Å². The second kappa shape index (κ2) is 2.77. The number of rotatable bonds is 2. The summed E-state index contributed by atoms with van der Waals surface area (Å²) in [7, 11) is 0. The van der Waals surface area contributed by atoms with Crippen molar-refractivity contribution in [3.8, 4) is 0 Å². The van der Waals surface area contributed by atoms with Crippen molar-refractivity contribution in [3.05, 3.63) is 35.4 Å². The maximum absolute atomic E-state index is 12.1. The lowest BCUT2D eigenvalue weighted by Crippen LogP contribution is -2.03. The van der Waals surface area contributed by atoms with Crippen LogP contribution in [0.15, 0.2) is 24.3 Å². The summed E-state index contributed by atoms with van der Waals surface area (Å²) in [6.07, 6.45) is -0.954. The molecule has 0 radical (unpaired) electrons. The molecule has 0 unspecified atom stereocenters. The first-order valence-corrected chi connectivity index (χ1v) is 4.23. The standard InChI is InChI=1S/C10H10F2O/c11-9(12)7-1-3-8(4-2-7)10(13)5-6-10/h1-4,9,13H,5-6H2. The average Bonchev–Trinajstić information content (AvgIpc) is 2.85. The zero-order valence-corrected chi connectivity index (χ0v) is 7.00. The molecule has 1 aliphatic carbocycles. The van der Waals surface area contributed by atoms with Gasteiger partial charge in [0, 0.05) is 5.56 Å². The molecule has 1 aliphatic rings. The fourth-order valence-electron chi connectivity index (χ4n) is 1.35. The second-order valence-electron chi connectivity index (χ2n) is 3.45. The zero-order chi connectivity index (χ0) is 9.47. The van der Waals surface area contributed by atoms with E-state index in [1.807, 2.05) is 0 Å². The number of hydrogen-bond acceptors (Lipinski definition) is 1. The van der Waals surface area contributed by atoms with Crippen molar-refractivity contribution in [2.24, 2.45) is 0 Å². The van der Waals surface area contributed by atoms with E-state index in [0.29, 0.717) is 0 Å². The summed E-state index contributed by atoms with van der Waals surface area (Å²) in [4.78, 5) is 0. The molecule has 1 aromatic rings. The van der Waals surface area contributed by atoms with E-state index < -0.39 is 12.0 Å². The Balaban J connectivity index is 2.24. The molecule has 0 atom stereocenters. The van der Waals surface area contributed by atoms with Crippen LogP contribution in [0.2, 0.25) is 0 Å². The normalized spacial score (nSPS) is 19.1. The summed E-state index contributed by atoms with van der Waals surface area (Å²) < 4.78 is 24.3. The molecule has 0 heterocycles. The summed E-state index contributed by atoms with van der Waals surface area (Å²) >= 11 is 0. The van der Waals surface area contributed by atoms with Crippen molar-refractivity contribution in [3.63, 3.8) is 0 Å². The molecule has 0 saturated heterocycles. The minimum absolute atomic E-state index is 0.00741. The van der Waals surface area contributed by atoms with Crippen LogP contribution in [0.3, 0.4) is 0 Å². The van der Waals surface area contributed by atoms with Gasteiger partial charge in [-0.3, -0.25) is 0 Å². The number of alkyl halides is 2. The van der Waals surface area contributed by atoms with E-state index in [-0.39, 0.29) is 5.56 Å². The molecule has 1 aromatic carbocycles. The molecule has 0 aliphatic heterocycles. The molecule has 0 bridgehead atoms. The van der Waals surface area contributed by atoms with Crippen LogP contribution in [-0.2, 0) is 5.60 Å². The quantitative estimate of drug-likeness (QED) is 0.749. The molecular weight excluding hydrogens is 174 g/mol. The fraction of sp³-hybridized carbons (Fsp3) is 0.400. The van der Waals surface area contributed by atoms with Crippen LogP contribution < -0.4 is 0 Å². The van der Waals surface area contributed by atoms with E-state index >= 15 is 0 Å². The Morgan fingerprint density at radius 2 is 1.69 bits per heavy atom. The van der Waals surface area contributed by atoms with Crippen molar-refractivity contribution in [1.29, 1.82) is 0 Å². The Kier molecular flexibility index (Phi) is 1.84. The highest BCUT2D eigenvalue weighted by Crippen LogP contribution is 2.45. The van der Waals surface area contributed by atoms with Gasteiger partial charge in [0.2, 0.25) is 0 Å². The summed E-state index contributed by atoms with van der Waals surface area (Å²) in [6.45, 7) is 0. The molecule has 2 rings (SSSR count). The monoisotopic (exact) mass is 184 g/mol. The molecular formula is C10H10F2O. The second-order valence-corrected chi connectivity index (χ2v) is 3.45. The lowest BCUT2D eigenvalue weighted by Gasteiger charge is -2.08. The third-order valence-electron chi connectivity index (χ3n) is 2.42. The zero-order valence-electron chi connectivity index (χ0n) is 7.00. The van der Waals surface area contributed by atoms with Gasteiger partial charge in [-0.2, -0.15) is 0 Å². The number of halogens is 2. The lowest BCUT2D eigenvalue weighted by molar-refractivity contribution is 0.147. The molecule has 0 spiro atoms. The summed E-state index contributed by atoms with van der Waals surface area (Å²) in [5, 5.41) is 9.64. The molecule has 1 N–H and O–H groups in total. The smallest absolute Gasteiger partial charge is 0.263 e. The molecule has 1 nitrogen and oxygen atoms in total. The highest BCUT2D eigenvalue weighted by molar-refractivity contribution is 5.30. The van der Waals surface area contributed by atoms with Gasteiger partial charge in [0.15, 0.2) is 0 Å². The highest BCUT2D eigenvalue weighted by atomic mass is 19.3. The van der Waals surface area contributed by atoms with Crippen molar-refractivity contribution >= 4 is 0 Å². The Morgan fingerprint density at radius 1 is 1.15 bits per heavy atom. The number of hydrogen-bond donors (Lipinski definition) is 1. The van der Waals surface area contributed by atoms with Gasteiger partial charge in [-0.05, 0) is 18.4 Å². The molecule has 3 heteroatoms. The SMILES string of the molecule is OC1(c2ccc(C(F)F)cc2)CC1. The first kappa shape index (κ1) is 8.63. The Morgan fingerprint density at radius 3 is 2.08 bits per heavy atom. The topological polar surface area (TPSA) is 20.2 Å². The molecule has 0 amide bonds. The third kappa shape index (κ3) is 1.56. The van der Waals surface area contributed by atoms with Crippen molar-refractivity contribution in [2.75, 3.05) is 0 Å². The van der Waals surface area contributed by atoms with Gasteiger partial charge in [0.05, 0.1) is 5.60 Å². The highest BCUT2D eigenvalue weighted by Gasteiger charge is 2.41. The lowest BCUT2D eigenvalue weighted by atomic mass is 10.1. The average molecular weight is 184 g/mol. The summed E-state index contributed by atoms with van der Waals surface area (Å²) in [6, 6.07) is 5.90. The molecule has 1 saturated carbocycles. The molecule has 0 aromatic heterocycles. The molecule has 70 valence electrons. The summed E-state index contributed by atoms with van der Waals surface area (Å²) in [5.74, 6) is 0. The minimum Gasteiger partial charge on any atom is -0.385 e. The first-order chi connectivity index (χ1) is 6.12. The van der Waals surface area contributed by atoms with Crippen LogP contribution in [0.1, 0.15) is 30.4 Å². The fourth-order valence-corrected chi connectivity index (χ4v) is 1.35. The van der Waals surface area contributed by atoms with Crippen LogP contribution in [0.25, 0.3) is 0 Å². The van der Waals surface area contributed by atoms with Gasteiger partial charge in [-0.1, -0.05) is 24.3 Å².